The van der Waals surface area contributed by atoms with Gasteiger partial charge in [0.25, 0.3) is 0 Å². The van der Waals surface area contributed by atoms with Crippen molar-refractivity contribution in [1.82, 2.24) is 0 Å². The van der Waals surface area contributed by atoms with E-state index in [1.165, 1.54) is 12.8 Å². The Kier molecular flexibility index (Phi) is 5.14. The molecule has 0 fully saturated rings. The van der Waals surface area contributed by atoms with Crippen molar-refractivity contribution in [2.45, 2.75) is 40.0 Å². The molecule has 1 atom stereocenters. The standard InChI is InChI=1S/C8H16/c1-4-6-8(3)7-5-2/h8H,4-6H2,1-3H3. The van der Waals surface area contributed by atoms with E-state index >= 15 is 0 Å². The maximum absolute atomic E-state index is 3.35. The van der Waals surface area contributed by atoms with Gasteiger partial charge >= 0.3 is 0 Å². The van der Waals surface area contributed by atoms with E-state index in [0.29, 0.717) is 5.92 Å². The summed E-state index contributed by atoms with van der Waals surface area (Å²) in [5.41, 5.74) is 0. The fraction of sp³-hybridized carbons (Fsp3) is 0.875. The maximum Gasteiger partial charge on any atom is -0.0145 e. The van der Waals surface area contributed by atoms with E-state index in [0.717, 1.165) is 6.42 Å². The van der Waals surface area contributed by atoms with Gasteiger partial charge in [-0.05, 0) is 18.8 Å². The van der Waals surface area contributed by atoms with Gasteiger partial charge in [-0.15, -0.1) is 0 Å². The summed E-state index contributed by atoms with van der Waals surface area (Å²) < 4.78 is 0. The summed E-state index contributed by atoms with van der Waals surface area (Å²) in [6, 6.07) is 0. The molecule has 2 radical (unpaired) electrons. The Bertz CT molecular complexity index is 33.3. The molecule has 0 spiro atoms. The third kappa shape index (κ3) is 4.17. The number of hydrogen-bond acceptors (Lipinski definition) is 0. The zero-order valence-electron chi connectivity index (χ0n) is 6.20. The predicted octanol–water partition coefficient (Wildman–Crippen LogP) is 2.91. The quantitative estimate of drug-likeness (QED) is 0.524. The van der Waals surface area contributed by atoms with Crippen molar-refractivity contribution in [3.63, 3.8) is 0 Å². The summed E-state index contributed by atoms with van der Waals surface area (Å²) in [4.78, 5) is 0. The fourth-order valence-electron chi connectivity index (χ4n) is 0.884. The first kappa shape index (κ1) is 8.00. The molecule has 0 aromatic heterocycles. The van der Waals surface area contributed by atoms with Crippen LogP contribution in [0.5, 0.6) is 0 Å². The maximum atomic E-state index is 3.35. The minimum Gasteiger partial charge on any atom is -0.0654 e. The average Bonchev–Trinajstić information content (AvgIpc) is 1.68. The van der Waals surface area contributed by atoms with Crippen molar-refractivity contribution in [3.8, 4) is 0 Å². The van der Waals surface area contributed by atoms with Crippen LogP contribution in [-0.4, -0.2) is 0 Å². The summed E-state index contributed by atoms with van der Waals surface area (Å²) >= 11 is 0. The normalized spacial score (nSPS) is 10.5. The van der Waals surface area contributed by atoms with Crippen molar-refractivity contribution in [2.24, 2.45) is 5.92 Å². The molecule has 0 heterocycles. The van der Waals surface area contributed by atoms with Crippen LogP contribution in [0.1, 0.15) is 40.0 Å². The SMILES string of the molecule is CC[C]C(C)CCC. The van der Waals surface area contributed by atoms with Crippen LogP contribution in [0.4, 0.5) is 0 Å². The van der Waals surface area contributed by atoms with Gasteiger partial charge in [-0.1, -0.05) is 33.6 Å². The van der Waals surface area contributed by atoms with Gasteiger partial charge < -0.3 is 0 Å². The van der Waals surface area contributed by atoms with Crippen LogP contribution in [0, 0.1) is 12.3 Å². The van der Waals surface area contributed by atoms with Crippen molar-refractivity contribution in [1.29, 1.82) is 0 Å². The fourth-order valence-corrected chi connectivity index (χ4v) is 0.884. The van der Waals surface area contributed by atoms with Gasteiger partial charge in [0.15, 0.2) is 0 Å². The Morgan fingerprint density at radius 2 is 2.00 bits per heavy atom. The third-order valence-corrected chi connectivity index (χ3v) is 1.27. The molecule has 0 aromatic carbocycles. The molecule has 8 heavy (non-hydrogen) atoms. The molecule has 0 aliphatic carbocycles. The highest BCUT2D eigenvalue weighted by Gasteiger charge is 1.96. The molecule has 0 bridgehead atoms. The van der Waals surface area contributed by atoms with Gasteiger partial charge in [-0.3, -0.25) is 0 Å². The smallest absolute Gasteiger partial charge is 0.0145 e. The second-order valence-corrected chi connectivity index (χ2v) is 2.25. The van der Waals surface area contributed by atoms with E-state index in [1.54, 1.807) is 0 Å². The Morgan fingerprint density at radius 1 is 1.38 bits per heavy atom. The second kappa shape index (κ2) is 5.14. The lowest BCUT2D eigenvalue weighted by Crippen LogP contribution is -1.92. The molecule has 0 amide bonds. The largest absolute Gasteiger partial charge is 0.0654 e. The van der Waals surface area contributed by atoms with Gasteiger partial charge in [0.05, 0.1) is 0 Å². The predicted molar refractivity (Wildman–Crippen MR) is 37.6 cm³/mol. The van der Waals surface area contributed by atoms with Crippen LogP contribution in [0.25, 0.3) is 0 Å². The first-order chi connectivity index (χ1) is 3.81. The molecule has 0 N–H and O–H groups in total. The Labute approximate surface area is 53.3 Å². The third-order valence-electron chi connectivity index (χ3n) is 1.27. The first-order valence-electron chi connectivity index (χ1n) is 3.54. The summed E-state index contributed by atoms with van der Waals surface area (Å²) in [5, 5.41) is 0. The van der Waals surface area contributed by atoms with E-state index in [1.807, 2.05) is 0 Å². The average molecular weight is 112 g/mol. The minimum atomic E-state index is 0.713. The summed E-state index contributed by atoms with van der Waals surface area (Å²) in [5.74, 6) is 0.713. The van der Waals surface area contributed by atoms with Gasteiger partial charge in [-0.2, -0.15) is 0 Å². The van der Waals surface area contributed by atoms with E-state index < -0.39 is 0 Å². The molecule has 48 valence electrons. The van der Waals surface area contributed by atoms with E-state index in [-0.39, 0.29) is 0 Å². The van der Waals surface area contributed by atoms with Gasteiger partial charge in [0.1, 0.15) is 0 Å². The molecule has 0 nitrogen and oxygen atoms in total. The Balaban J connectivity index is 2.92. The molecule has 0 saturated heterocycles. The van der Waals surface area contributed by atoms with Crippen LogP contribution in [0.3, 0.4) is 0 Å². The van der Waals surface area contributed by atoms with Crippen LogP contribution < -0.4 is 0 Å². The van der Waals surface area contributed by atoms with Crippen molar-refractivity contribution < 1.29 is 0 Å². The highest BCUT2D eigenvalue weighted by atomic mass is 14.0. The van der Waals surface area contributed by atoms with Crippen LogP contribution >= 0.6 is 0 Å². The molecule has 0 rings (SSSR count). The first-order valence-corrected chi connectivity index (χ1v) is 3.54. The molecule has 0 heteroatoms. The summed E-state index contributed by atoms with van der Waals surface area (Å²) in [7, 11) is 0. The molecule has 1 unspecified atom stereocenters. The molecule has 0 aliphatic rings. The van der Waals surface area contributed by atoms with E-state index in [9.17, 15) is 0 Å². The van der Waals surface area contributed by atoms with E-state index in [2.05, 4.69) is 27.2 Å². The van der Waals surface area contributed by atoms with Crippen LogP contribution in [-0.2, 0) is 0 Å². The minimum absolute atomic E-state index is 0.713. The molecular weight excluding hydrogens is 96.1 g/mol. The zero-order valence-corrected chi connectivity index (χ0v) is 6.20. The van der Waals surface area contributed by atoms with Gasteiger partial charge in [0.2, 0.25) is 0 Å². The highest BCUT2D eigenvalue weighted by Crippen LogP contribution is 2.09. The van der Waals surface area contributed by atoms with Gasteiger partial charge in [-0.25, -0.2) is 0 Å². The van der Waals surface area contributed by atoms with E-state index in [4.69, 9.17) is 0 Å². The Morgan fingerprint density at radius 3 is 2.38 bits per heavy atom. The zero-order chi connectivity index (χ0) is 6.41. The topological polar surface area (TPSA) is 0 Å². The number of hydrogen-bond donors (Lipinski definition) is 0. The molecule has 0 saturated carbocycles. The van der Waals surface area contributed by atoms with Crippen LogP contribution in [0.2, 0.25) is 0 Å². The number of rotatable bonds is 4. The monoisotopic (exact) mass is 112 g/mol. The summed E-state index contributed by atoms with van der Waals surface area (Å²) in [6.45, 7) is 6.59. The lowest BCUT2D eigenvalue weighted by molar-refractivity contribution is 0.579. The van der Waals surface area contributed by atoms with Crippen molar-refractivity contribution >= 4 is 0 Å². The second-order valence-electron chi connectivity index (χ2n) is 2.25. The Hall–Kier alpha value is 0. The molecular formula is C8H16. The van der Waals surface area contributed by atoms with Crippen molar-refractivity contribution in [3.05, 3.63) is 6.42 Å². The molecule has 0 aliphatic heterocycles. The van der Waals surface area contributed by atoms with Crippen molar-refractivity contribution in [2.75, 3.05) is 0 Å². The van der Waals surface area contributed by atoms with Crippen LogP contribution in [0.15, 0.2) is 0 Å². The summed E-state index contributed by atoms with van der Waals surface area (Å²) in [6.07, 6.45) is 7.03. The lowest BCUT2D eigenvalue weighted by atomic mass is 10.0. The van der Waals surface area contributed by atoms with Gasteiger partial charge in [0, 0.05) is 0 Å². The highest BCUT2D eigenvalue weighted by molar-refractivity contribution is 4.69. The molecule has 0 aromatic rings. The lowest BCUT2D eigenvalue weighted by Gasteiger charge is -2.04.